The van der Waals surface area contributed by atoms with E-state index in [9.17, 15) is 32.3 Å². The van der Waals surface area contributed by atoms with Gasteiger partial charge in [0.25, 0.3) is 5.91 Å². The minimum atomic E-state index is -4.44. The number of alkyl halides is 3. The SMILES string of the molecule is COC(=O)c1cc(NC(=O)COC(=O)c2ccc(COCC(F)(F)F)cc2)cc(C(=O)OC)c1. The average molecular weight is 483 g/mol. The van der Waals surface area contributed by atoms with E-state index in [1.54, 1.807) is 0 Å². The second kappa shape index (κ2) is 11.8. The zero-order valence-corrected chi connectivity index (χ0v) is 18.1. The quantitative estimate of drug-likeness (QED) is 0.427. The second-order valence-electron chi connectivity index (χ2n) is 6.71. The van der Waals surface area contributed by atoms with Crippen molar-refractivity contribution in [2.24, 2.45) is 0 Å². The molecule has 182 valence electrons. The zero-order valence-electron chi connectivity index (χ0n) is 18.1. The lowest BCUT2D eigenvalue weighted by atomic mass is 10.1. The Hall–Kier alpha value is -3.93. The number of rotatable bonds is 9. The minimum absolute atomic E-state index is 0.0167. The molecule has 12 heteroatoms. The zero-order chi connectivity index (χ0) is 25.3. The number of carbonyl (C=O) groups is 4. The number of nitrogens with one attached hydrogen (secondary N) is 1. The molecule has 0 saturated carbocycles. The van der Waals surface area contributed by atoms with Crippen molar-refractivity contribution in [2.45, 2.75) is 12.8 Å². The lowest BCUT2D eigenvalue weighted by Gasteiger charge is -2.10. The molecule has 0 aliphatic rings. The predicted octanol–water partition coefficient (Wildman–Crippen LogP) is 3.13. The Bertz CT molecular complexity index is 1020. The minimum Gasteiger partial charge on any atom is -0.465 e. The molecule has 9 nitrogen and oxygen atoms in total. The van der Waals surface area contributed by atoms with Gasteiger partial charge in [0.1, 0.15) is 6.61 Å². The third kappa shape index (κ3) is 8.20. The van der Waals surface area contributed by atoms with E-state index in [-0.39, 0.29) is 29.0 Å². The van der Waals surface area contributed by atoms with E-state index in [4.69, 9.17) is 4.74 Å². The fourth-order valence-electron chi connectivity index (χ4n) is 2.60. The molecule has 0 fully saturated rings. The molecule has 0 aromatic heterocycles. The molecule has 2 aromatic carbocycles. The van der Waals surface area contributed by atoms with Crippen LogP contribution in [0.25, 0.3) is 0 Å². The van der Waals surface area contributed by atoms with Gasteiger partial charge in [-0.25, -0.2) is 14.4 Å². The number of amides is 1. The summed E-state index contributed by atoms with van der Waals surface area (Å²) in [6, 6.07) is 9.16. The van der Waals surface area contributed by atoms with Gasteiger partial charge in [-0.3, -0.25) is 4.79 Å². The highest BCUT2D eigenvalue weighted by molar-refractivity contribution is 6.00. The topological polar surface area (TPSA) is 117 Å². The average Bonchev–Trinajstić information content (AvgIpc) is 2.80. The van der Waals surface area contributed by atoms with Crippen LogP contribution in [0.4, 0.5) is 18.9 Å². The third-order valence-corrected chi connectivity index (χ3v) is 4.12. The lowest BCUT2D eigenvalue weighted by Crippen LogP contribution is -2.21. The van der Waals surface area contributed by atoms with Crippen molar-refractivity contribution < 1.29 is 51.3 Å². The number of halogens is 3. The van der Waals surface area contributed by atoms with Crippen molar-refractivity contribution in [3.8, 4) is 0 Å². The highest BCUT2D eigenvalue weighted by atomic mass is 19.4. The largest absolute Gasteiger partial charge is 0.465 e. The Morgan fingerprint density at radius 1 is 0.824 bits per heavy atom. The van der Waals surface area contributed by atoms with Gasteiger partial charge in [0, 0.05) is 5.69 Å². The molecule has 1 N–H and O–H groups in total. The number of ether oxygens (including phenoxy) is 4. The molecule has 0 spiro atoms. The molecule has 0 aliphatic carbocycles. The molecule has 0 saturated heterocycles. The monoisotopic (exact) mass is 483 g/mol. The van der Waals surface area contributed by atoms with E-state index in [0.717, 1.165) is 14.2 Å². The highest BCUT2D eigenvalue weighted by Crippen LogP contribution is 2.18. The number of methoxy groups -OCH3 is 2. The first-order chi connectivity index (χ1) is 16.0. The summed E-state index contributed by atoms with van der Waals surface area (Å²) in [4.78, 5) is 47.9. The van der Waals surface area contributed by atoms with Gasteiger partial charge in [-0.2, -0.15) is 13.2 Å². The van der Waals surface area contributed by atoms with E-state index in [1.807, 2.05) is 0 Å². The van der Waals surface area contributed by atoms with Crippen LogP contribution in [0.3, 0.4) is 0 Å². The molecule has 0 bridgehead atoms. The molecule has 0 aliphatic heterocycles. The second-order valence-corrected chi connectivity index (χ2v) is 6.71. The molecule has 0 radical (unpaired) electrons. The number of hydrogen-bond acceptors (Lipinski definition) is 8. The van der Waals surface area contributed by atoms with Crippen molar-refractivity contribution >= 4 is 29.5 Å². The number of hydrogen-bond donors (Lipinski definition) is 1. The van der Waals surface area contributed by atoms with Gasteiger partial charge >= 0.3 is 24.1 Å². The van der Waals surface area contributed by atoms with Gasteiger partial charge in [-0.05, 0) is 35.9 Å². The maximum absolute atomic E-state index is 12.2. The normalized spacial score (nSPS) is 10.9. The van der Waals surface area contributed by atoms with E-state index < -0.39 is 43.2 Å². The first-order valence-corrected chi connectivity index (χ1v) is 9.54. The van der Waals surface area contributed by atoms with Gasteiger partial charge in [0.05, 0.1) is 37.5 Å². The van der Waals surface area contributed by atoms with Crippen LogP contribution < -0.4 is 5.32 Å². The van der Waals surface area contributed by atoms with E-state index in [0.29, 0.717) is 5.56 Å². The predicted molar refractivity (Wildman–Crippen MR) is 110 cm³/mol. The van der Waals surface area contributed by atoms with Crippen molar-refractivity contribution in [2.75, 3.05) is 32.8 Å². The fourth-order valence-corrected chi connectivity index (χ4v) is 2.60. The molecular formula is C22H20F3NO8. The van der Waals surface area contributed by atoms with Crippen molar-refractivity contribution in [3.63, 3.8) is 0 Å². The Balaban J connectivity index is 1.95. The van der Waals surface area contributed by atoms with Crippen LogP contribution in [0.15, 0.2) is 42.5 Å². The van der Waals surface area contributed by atoms with Crippen molar-refractivity contribution in [1.29, 1.82) is 0 Å². The molecule has 2 aromatic rings. The Morgan fingerprint density at radius 3 is 1.88 bits per heavy atom. The van der Waals surface area contributed by atoms with Crippen LogP contribution >= 0.6 is 0 Å². The Labute approximate surface area is 191 Å². The summed E-state index contributed by atoms with van der Waals surface area (Å²) < 4.78 is 54.9. The lowest BCUT2D eigenvalue weighted by molar-refractivity contribution is -0.176. The van der Waals surface area contributed by atoms with Gasteiger partial charge in [-0.1, -0.05) is 12.1 Å². The number of carbonyl (C=O) groups excluding carboxylic acids is 4. The summed E-state index contributed by atoms with van der Waals surface area (Å²) in [6.07, 6.45) is -4.44. The molecule has 34 heavy (non-hydrogen) atoms. The fraction of sp³-hybridized carbons (Fsp3) is 0.273. The molecule has 2 rings (SSSR count). The maximum atomic E-state index is 12.2. The van der Waals surface area contributed by atoms with E-state index in [2.05, 4.69) is 19.5 Å². The molecule has 0 atom stereocenters. The summed E-state index contributed by atoms with van der Waals surface area (Å²) in [5, 5.41) is 2.39. The molecular weight excluding hydrogens is 463 g/mol. The molecule has 1 amide bonds. The van der Waals surface area contributed by atoms with E-state index in [1.165, 1.54) is 42.5 Å². The number of esters is 3. The third-order valence-electron chi connectivity index (χ3n) is 4.12. The van der Waals surface area contributed by atoms with Crippen molar-refractivity contribution in [3.05, 3.63) is 64.7 Å². The Kier molecular flexibility index (Phi) is 9.13. The van der Waals surface area contributed by atoms with Crippen LogP contribution in [-0.2, 0) is 30.3 Å². The standard InChI is InChI=1S/C22H20F3NO8/c1-31-19(28)15-7-16(20(29)32-2)9-17(8-15)26-18(27)11-34-21(30)14-5-3-13(4-6-14)10-33-12-22(23,24)25/h3-9H,10-12H2,1-2H3,(H,26,27). The van der Waals surface area contributed by atoms with Crippen LogP contribution in [0.5, 0.6) is 0 Å². The number of benzene rings is 2. The summed E-state index contributed by atoms with van der Waals surface area (Å²) in [6.45, 7) is -2.38. The van der Waals surface area contributed by atoms with Crippen molar-refractivity contribution in [1.82, 2.24) is 0 Å². The van der Waals surface area contributed by atoms with Crippen LogP contribution in [0.2, 0.25) is 0 Å². The van der Waals surface area contributed by atoms with Gasteiger partial charge in [0.2, 0.25) is 0 Å². The van der Waals surface area contributed by atoms with Crippen LogP contribution in [0, 0.1) is 0 Å². The summed E-state index contributed by atoms with van der Waals surface area (Å²) in [5.74, 6) is -3.11. The maximum Gasteiger partial charge on any atom is 0.411 e. The van der Waals surface area contributed by atoms with Gasteiger partial charge < -0.3 is 24.3 Å². The highest BCUT2D eigenvalue weighted by Gasteiger charge is 2.27. The first kappa shape index (κ1) is 26.3. The Morgan fingerprint density at radius 2 is 1.38 bits per heavy atom. The van der Waals surface area contributed by atoms with Crippen LogP contribution in [-0.4, -0.2) is 57.4 Å². The van der Waals surface area contributed by atoms with Crippen LogP contribution in [0.1, 0.15) is 36.6 Å². The summed E-state index contributed by atoms with van der Waals surface area (Å²) in [5.41, 5.74) is 0.500. The first-order valence-electron chi connectivity index (χ1n) is 9.54. The summed E-state index contributed by atoms with van der Waals surface area (Å²) >= 11 is 0. The van der Waals surface area contributed by atoms with E-state index >= 15 is 0 Å². The number of anilines is 1. The van der Waals surface area contributed by atoms with Gasteiger partial charge in [-0.15, -0.1) is 0 Å². The smallest absolute Gasteiger partial charge is 0.411 e. The molecule has 0 heterocycles. The van der Waals surface area contributed by atoms with Gasteiger partial charge in [0.15, 0.2) is 6.61 Å². The molecule has 0 unspecified atom stereocenters. The summed E-state index contributed by atoms with van der Waals surface area (Å²) in [7, 11) is 2.29.